The fraction of sp³-hybridized carbons (Fsp3) is 0.571. The third-order valence-corrected chi connectivity index (χ3v) is 6.37. The summed E-state index contributed by atoms with van der Waals surface area (Å²) in [5, 5.41) is 3.05. The van der Waals surface area contributed by atoms with Crippen molar-refractivity contribution in [3.05, 3.63) is 28.2 Å². The molecule has 0 radical (unpaired) electrons. The molecule has 0 heterocycles. The van der Waals surface area contributed by atoms with Crippen LogP contribution in [0.5, 0.6) is 0 Å². The fourth-order valence-electron chi connectivity index (χ4n) is 2.71. The number of nitrogens with one attached hydrogen (secondary N) is 2. The normalized spacial score (nSPS) is 18.4. The zero-order chi connectivity index (χ0) is 14.8. The Morgan fingerprint density at radius 2 is 1.95 bits per heavy atom. The van der Waals surface area contributed by atoms with Gasteiger partial charge in [0.15, 0.2) is 0 Å². The van der Waals surface area contributed by atoms with E-state index in [0.717, 1.165) is 31.2 Å². The summed E-state index contributed by atoms with van der Waals surface area (Å²) in [6, 6.07) is 5.35. The lowest BCUT2D eigenvalue weighted by atomic mass is 10.0. The van der Waals surface area contributed by atoms with E-state index in [1.807, 2.05) is 26.1 Å². The molecule has 1 aromatic carbocycles. The zero-order valence-corrected chi connectivity index (χ0v) is 14.3. The Balaban J connectivity index is 2.25. The van der Waals surface area contributed by atoms with Gasteiger partial charge in [-0.3, -0.25) is 0 Å². The average Bonchev–Trinajstić information content (AvgIpc) is 2.74. The smallest absolute Gasteiger partial charge is 0.242 e. The van der Waals surface area contributed by atoms with Crippen LogP contribution in [0.4, 0.5) is 0 Å². The molecular formula is C14H21BrN2O2S. The Kier molecular flexibility index (Phi) is 4.89. The maximum Gasteiger partial charge on any atom is 0.242 e. The highest BCUT2D eigenvalue weighted by Gasteiger charge is 2.34. The first-order valence-corrected chi connectivity index (χ1v) is 9.11. The highest BCUT2D eigenvalue weighted by molar-refractivity contribution is 9.10. The van der Waals surface area contributed by atoms with Crippen LogP contribution < -0.4 is 10.0 Å². The lowest BCUT2D eigenvalue weighted by Gasteiger charge is -2.25. The van der Waals surface area contributed by atoms with Crippen molar-refractivity contribution in [1.82, 2.24) is 10.0 Å². The second kappa shape index (κ2) is 6.13. The molecule has 2 N–H and O–H groups in total. The van der Waals surface area contributed by atoms with Gasteiger partial charge in [0.1, 0.15) is 0 Å². The summed E-state index contributed by atoms with van der Waals surface area (Å²) in [5.74, 6) is 0. The van der Waals surface area contributed by atoms with Gasteiger partial charge < -0.3 is 5.32 Å². The van der Waals surface area contributed by atoms with Crippen molar-refractivity contribution in [1.29, 1.82) is 0 Å². The third kappa shape index (κ3) is 3.61. The second-order valence-electron chi connectivity index (χ2n) is 5.67. The van der Waals surface area contributed by atoms with E-state index in [1.165, 1.54) is 0 Å². The number of hydrogen-bond donors (Lipinski definition) is 2. The molecule has 1 aliphatic carbocycles. The van der Waals surface area contributed by atoms with Gasteiger partial charge in [-0.1, -0.05) is 18.9 Å². The van der Waals surface area contributed by atoms with Crippen molar-refractivity contribution >= 4 is 26.0 Å². The molecule has 0 unspecified atom stereocenters. The first kappa shape index (κ1) is 15.9. The van der Waals surface area contributed by atoms with Gasteiger partial charge in [0.25, 0.3) is 0 Å². The molecule has 0 atom stereocenters. The highest BCUT2D eigenvalue weighted by atomic mass is 79.9. The molecule has 112 valence electrons. The monoisotopic (exact) mass is 360 g/mol. The Morgan fingerprint density at radius 3 is 2.50 bits per heavy atom. The first-order valence-electron chi connectivity index (χ1n) is 6.83. The van der Waals surface area contributed by atoms with Crippen LogP contribution in [0.2, 0.25) is 0 Å². The fourth-order valence-corrected chi connectivity index (χ4v) is 5.30. The second-order valence-corrected chi connectivity index (χ2v) is 8.17. The molecule has 6 heteroatoms. The predicted octanol–water partition coefficient (Wildman–Crippen LogP) is 2.78. The first-order chi connectivity index (χ1) is 9.36. The van der Waals surface area contributed by atoms with Gasteiger partial charge in [-0.05, 0) is 60.4 Å². The van der Waals surface area contributed by atoms with Crippen molar-refractivity contribution in [2.24, 2.45) is 0 Å². The topological polar surface area (TPSA) is 58.2 Å². The van der Waals surface area contributed by atoms with E-state index in [1.54, 1.807) is 6.07 Å². The summed E-state index contributed by atoms with van der Waals surface area (Å²) >= 11 is 3.37. The Bertz CT molecular complexity index is 581. The lowest BCUT2D eigenvalue weighted by molar-refractivity contribution is 0.427. The highest BCUT2D eigenvalue weighted by Crippen LogP contribution is 2.32. The molecule has 0 spiro atoms. The molecular weight excluding hydrogens is 340 g/mol. The summed E-state index contributed by atoms with van der Waals surface area (Å²) in [5.41, 5.74) is 0.743. The maximum atomic E-state index is 12.5. The van der Waals surface area contributed by atoms with Crippen LogP contribution >= 0.6 is 15.9 Å². The van der Waals surface area contributed by atoms with Gasteiger partial charge in [-0.25, -0.2) is 13.1 Å². The van der Waals surface area contributed by atoms with Crippen molar-refractivity contribution < 1.29 is 8.42 Å². The Hall–Kier alpha value is -0.430. The molecule has 20 heavy (non-hydrogen) atoms. The van der Waals surface area contributed by atoms with Crippen LogP contribution in [0.15, 0.2) is 27.6 Å². The molecule has 1 fully saturated rings. The third-order valence-electron chi connectivity index (χ3n) is 3.75. The van der Waals surface area contributed by atoms with Crippen LogP contribution in [0.3, 0.4) is 0 Å². The number of benzene rings is 1. The van der Waals surface area contributed by atoms with Crippen molar-refractivity contribution in [3.8, 4) is 0 Å². The summed E-state index contributed by atoms with van der Waals surface area (Å²) in [6.07, 6.45) is 3.98. The molecule has 0 amide bonds. The molecule has 0 bridgehead atoms. The van der Waals surface area contributed by atoms with Crippen LogP contribution in [-0.4, -0.2) is 21.0 Å². The van der Waals surface area contributed by atoms with E-state index in [9.17, 15) is 8.42 Å². The van der Waals surface area contributed by atoms with E-state index < -0.39 is 10.0 Å². The van der Waals surface area contributed by atoms with Gasteiger partial charge in [0.05, 0.1) is 4.90 Å². The Morgan fingerprint density at radius 1 is 1.30 bits per heavy atom. The van der Waals surface area contributed by atoms with Crippen molar-refractivity contribution in [3.63, 3.8) is 0 Å². The minimum atomic E-state index is -3.48. The quantitative estimate of drug-likeness (QED) is 0.848. The van der Waals surface area contributed by atoms with E-state index in [4.69, 9.17) is 0 Å². The number of sulfonamides is 1. The molecule has 1 aliphatic rings. The number of hydrogen-bond acceptors (Lipinski definition) is 3. The summed E-state index contributed by atoms with van der Waals surface area (Å²) in [4.78, 5) is 0.311. The summed E-state index contributed by atoms with van der Waals surface area (Å²) in [6.45, 7) is 2.70. The SMILES string of the molecule is CNCc1ccc(S(=O)(=O)NC2(C)CCCC2)c(Br)c1. The molecule has 1 aromatic rings. The van der Waals surface area contributed by atoms with E-state index >= 15 is 0 Å². The lowest BCUT2D eigenvalue weighted by Crippen LogP contribution is -2.43. The van der Waals surface area contributed by atoms with Crippen LogP contribution in [0, 0.1) is 0 Å². The number of rotatable bonds is 5. The van der Waals surface area contributed by atoms with Crippen molar-refractivity contribution in [2.45, 2.75) is 49.6 Å². The summed E-state index contributed by atoms with van der Waals surface area (Å²) in [7, 11) is -1.62. The largest absolute Gasteiger partial charge is 0.316 e. The minimum absolute atomic E-state index is 0.304. The van der Waals surface area contributed by atoms with Gasteiger partial charge in [-0.15, -0.1) is 0 Å². The molecule has 0 aliphatic heterocycles. The van der Waals surface area contributed by atoms with Crippen LogP contribution in [0.25, 0.3) is 0 Å². The van der Waals surface area contributed by atoms with Gasteiger partial charge in [0, 0.05) is 16.6 Å². The van der Waals surface area contributed by atoms with Crippen LogP contribution in [0.1, 0.15) is 38.2 Å². The number of halogens is 1. The molecule has 0 aromatic heterocycles. The summed E-state index contributed by atoms with van der Waals surface area (Å²) < 4.78 is 28.5. The van der Waals surface area contributed by atoms with E-state index in [2.05, 4.69) is 26.0 Å². The maximum absolute atomic E-state index is 12.5. The predicted molar refractivity (Wildman–Crippen MR) is 84.1 cm³/mol. The average molecular weight is 361 g/mol. The van der Waals surface area contributed by atoms with Crippen LogP contribution in [-0.2, 0) is 16.6 Å². The molecule has 0 saturated heterocycles. The molecule has 2 rings (SSSR count). The van der Waals surface area contributed by atoms with E-state index in [-0.39, 0.29) is 5.54 Å². The molecule has 4 nitrogen and oxygen atoms in total. The standard InChI is InChI=1S/C14H21BrN2O2S/c1-14(7-3-4-8-14)17-20(18,19)13-6-5-11(10-16-2)9-12(13)15/h5-6,9,16-17H,3-4,7-8,10H2,1-2H3. The zero-order valence-electron chi connectivity index (χ0n) is 11.9. The molecule has 1 saturated carbocycles. The van der Waals surface area contributed by atoms with Crippen molar-refractivity contribution in [2.75, 3.05) is 7.05 Å². The van der Waals surface area contributed by atoms with Gasteiger partial charge >= 0.3 is 0 Å². The van der Waals surface area contributed by atoms with Gasteiger partial charge in [0.2, 0.25) is 10.0 Å². The Labute approximate surface area is 129 Å². The van der Waals surface area contributed by atoms with E-state index in [0.29, 0.717) is 15.9 Å². The minimum Gasteiger partial charge on any atom is -0.316 e. The van der Waals surface area contributed by atoms with Gasteiger partial charge in [-0.2, -0.15) is 0 Å².